The lowest BCUT2D eigenvalue weighted by Gasteiger charge is -2.20. The lowest BCUT2D eigenvalue weighted by atomic mass is 10.2. The van der Waals surface area contributed by atoms with Crippen LogP contribution in [0.3, 0.4) is 0 Å². The number of nitrogens with one attached hydrogen (secondary N) is 1. The van der Waals surface area contributed by atoms with E-state index in [9.17, 15) is 13.5 Å². The van der Waals surface area contributed by atoms with Gasteiger partial charge in [-0.1, -0.05) is 25.1 Å². The van der Waals surface area contributed by atoms with Crippen molar-refractivity contribution < 1.29 is 13.5 Å². The molecular weight excluding hydrogens is 288 g/mol. The minimum absolute atomic E-state index is 0.167. The van der Waals surface area contributed by atoms with Crippen LogP contribution in [0.2, 0.25) is 0 Å². The van der Waals surface area contributed by atoms with Gasteiger partial charge in [-0.3, -0.25) is 0 Å². The highest BCUT2D eigenvalue weighted by molar-refractivity contribution is 7.89. The number of aliphatic hydroxyl groups is 1. The van der Waals surface area contributed by atoms with Crippen molar-refractivity contribution >= 4 is 10.0 Å². The molecule has 0 aliphatic carbocycles. The van der Waals surface area contributed by atoms with Gasteiger partial charge in [-0.2, -0.15) is 0 Å². The molecule has 0 saturated carbocycles. The summed E-state index contributed by atoms with van der Waals surface area (Å²) in [6.45, 7) is 5.34. The van der Waals surface area contributed by atoms with Crippen molar-refractivity contribution in [2.75, 3.05) is 26.2 Å². The van der Waals surface area contributed by atoms with Crippen LogP contribution < -0.4 is 4.72 Å². The number of sulfonamides is 1. The molecule has 118 valence electrons. The third-order valence-electron chi connectivity index (χ3n) is 3.82. The fraction of sp³-hybridized carbons (Fsp3) is 0.600. The summed E-state index contributed by atoms with van der Waals surface area (Å²) < 4.78 is 27.3. The third-order valence-corrected chi connectivity index (χ3v) is 5.35. The Morgan fingerprint density at radius 1 is 1.29 bits per heavy atom. The molecule has 21 heavy (non-hydrogen) atoms. The number of hydrogen-bond acceptors (Lipinski definition) is 4. The van der Waals surface area contributed by atoms with E-state index >= 15 is 0 Å². The van der Waals surface area contributed by atoms with Crippen molar-refractivity contribution in [3.8, 4) is 0 Å². The Morgan fingerprint density at radius 3 is 2.62 bits per heavy atom. The molecule has 1 aliphatic heterocycles. The Morgan fingerprint density at radius 2 is 1.95 bits per heavy atom. The molecule has 2 N–H and O–H groups in total. The first-order valence-electron chi connectivity index (χ1n) is 7.43. The zero-order chi connectivity index (χ0) is 15.3. The van der Waals surface area contributed by atoms with Crippen LogP contribution in [0.4, 0.5) is 0 Å². The Balaban J connectivity index is 1.94. The Bertz CT molecular complexity index is 554. The predicted molar refractivity (Wildman–Crippen MR) is 82.4 cm³/mol. The lowest BCUT2D eigenvalue weighted by Crippen LogP contribution is -2.34. The summed E-state index contributed by atoms with van der Waals surface area (Å²) >= 11 is 0. The second kappa shape index (κ2) is 7.35. The van der Waals surface area contributed by atoms with Crippen LogP contribution >= 0.6 is 0 Å². The van der Waals surface area contributed by atoms with Gasteiger partial charge in [0.1, 0.15) is 0 Å². The normalized spacial score (nSPS) is 18.0. The summed E-state index contributed by atoms with van der Waals surface area (Å²) in [6, 6.07) is 6.54. The van der Waals surface area contributed by atoms with E-state index in [4.69, 9.17) is 0 Å². The maximum Gasteiger partial charge on any atom is 0.240 e. The van der Waals surface area contributed by atoms with Gasteiger partial charge in [-0.05, 0) is 43.5 Å². The van der Waals surface area contributed by atoms with Crippen molar-refractivity contribution in [2.45, 2.75) is 31.3 Å². The average Bonchev–Trinajstić information content (AvgIpc) is 2.98. The van der Waals surface area contributed by atoms with Crippen LogP contribution in [-0.4, -0.2) is 44.6 Å². The molecule has 1 aliphatic rings. The first kappa shape index (κ1) is 16.4. The highest BCUT2D eigenvalue weighted by atomic mass is 32.2. The summed E-state index contributed by atoms with van der Waals surface area (Å²) in [5.41, 5.74) is 0.428. The van der Waals surface area contributed by atoms with E-state index in [-0.39, 0.29) is 17.4 Å². The summed E-state index contributed by atoms with van der Waals surface area (Å²) in [7, 11) is -3.56. The largest absolute Gasteiger partial charge is 0.392 e. The SMILES string of the molecule is CC(CNS(=O)(=O)c1ccccc1CO)CN1CCCC1. The van der Waals surface area contributed by atoms with E-state index in [0.717, 1.165) is 19.6 Å². The number of benzene rings is 1. The molecule has 0 spiro atoms. The highest BCUT2D eigenvalue weighted by Crippen LogP contribution is 2.16. The molecule has 6 heteroatoms. The highest BCUT2D eigenvalue weighted by Gasteiger charge is 2.20. The summed E-state index contributed by atoms with van der Waals surface area (Å²) in [6.07, 6.45) is 2.48. The second-order valence-corrected chi connectivity index (χ2v) is 7.47. The number of likely N-dealkylation sites (tertiary alicyclic amines) is 1. The van der Waals surface area contributed by atoms with E-state index in [1.807, 2.05) is 0 Å². The van der Waals surface area contributed by atoms with Gasteiger partial charge in [0.2, 0.25) is 10.0 Å². The minimum Gasteiger partial charge on any atom is -0.392 e. The van der Waals surface area contributed by atoms with Crippen molar-refractivity contribution in [2.24, 2.45) is 5.92 Å². The summed E-state index contributed by atoms with van der Waals surface area (Å²) in [5.74, 6) is 0.263. The first-order valence-corrected chi connectivity index (χ1v) is 8.92. The van der Waals surface area contributed by atoms with Gasteiger partial charge in [0.05, 0.1) is 11.5 Å². The summed E-state index contributed by atoms with van der Waals surface area (Å²) in [4.78, 5) is 2.54. The van der Waals surface area contributed by atoms with E-state index in [1.54, 1.807) is 18.2 Å². The van der Waals surface area contributed by atoms with Gasteiger partial charge in [-0.15, -0.1) is 0 Å². The fourth-order valence-corrected chi connectivity index (χ4v) is 4.09. The zero-order valence-electron chi connectivity index (χ0n) is 12.5. The van der Waals surface area contributed by atoms with Crippen LogP contribution in [0.1, 0.15) is 25.3 Å². The molecule has 0 amide bonds. The molecule has 0 aromatic heterocycles. The molecule has 0 bridgehead atoms. The van der Waals surface area contributed by atoms with Gasteiger partial charge >= 0.3 is 0 Å². The molecule has 1 aromatic rings. The molecule has 5 nitrogen and oxygen atoms in total. The van der Waals surface area contributed by atoms with Crippen LogP contribution in [0, 0.1) is 5.92 Å². The topological polar surface area (TPSA) is 69.6 Å². The molecule has 0 radical (unpaired) electrons. The monoisotopic (exact) mass is 312 g/mol. The number of rotatable bonds is 7. The van der Waals surface area contributed by atoms with Crippen LogP contribution in [-0.2, 0) is 16.6 Å². The number of aliphatic hydroxyl groups excluding tert-OH is 1. The van der Waals surface area contributed by atoms with Gasteiger partial charge in [0, 0.05) is 13.1 Å². The van der Waals surface area contributed by atoms with E-state index in [1.165, 1.54) is 18.9 Å². The Hall–Kier alpha value is -0.950. The maximum atomic E-state index is 12.3. The molecule has 1 unspecified atom stereocenters. The molecule has 2 rings (SSSR count). The molecule has 1 heterocycles. The van der Waals surface area contributed by atoms with Crippen LogP contribution in [0.5, 0.6) is 0 Å². The van der Waals surface area contributed by atoms with Crippen molar-refractivity contribution in [1.82, 2.24) is 9.62 Å². The quantitative estimate of drug-likeness (QED) is 0.793. The van der Waals surface area contributed by atoms with E-state index in [2.05, 4.69) is 16.5 Å². The maximum absolute atomic E-state index is 12.3. The zero-order valence-corrected chi connectivity index (χ0v) is 13.3. The van der Waals surface area contributed by atoms with E-state index < -0.39 is 10.0 Å². The van der Waals surface area contributed by atoms with Crippen molar-refractivity contribution in [1.29, 1.82) is 0 Å². The van der Waals surface area contributed by atoms with Gasteiger partial charge in [0.25, 0.3) is 0 Å². The van der Waals surface area contributed by atoms with Crippen LogP contribution in [0.25, 0.3) is 0 Å². The molecule has 1 atom stereocenters. The number of hydrogen-bond donors (Lipinski definition) is 2. The number of nitrogens with zero attached hydrogens (tertiary/aromatic N) is 1. The molecule has 1 fully saturated rings. The second-order valence-electron chi connectivity index (χ2n) is 5.73. The van der Waals surface area contributed by atoms with Crippen LogP contribution in [0.15, 0.2) is 29.2 Å². The lowest BCUT2D eigenvalue weighted by molar-refractivity contribution is 0.278. The third kappa shape index (κ3) is 4.51. The van der Waals surface area contributed by atoms with E-state index in [0.29, 0.717) is 12.1 Å². The Labute approximate surface area is 127 Å². The van der Waals surface area contributed by atoms with Gasteiger partial charge < -0.3 is 10.0 Å². The standard InChI is InChI=1S/C15H24N2O3S/c1-13(11-17-8-4-5-9-17)10-16-21(19,20)15-7-3-2-6-14(15)12-18/h2-3,6-7,13,16,18H,4-5,8-12H2,1H3. The summed E-state index contributed by atoms with van der Waals surface area (Å²) in [5, 5.41) is 9.25. The smallest absolute Gasteiger partial charge is 0.240 e. The fourth-order valence-electron chi connectivity index (χ4n) is 2.70. The van der Waals surface area contributed by atoms with Crippen molar-refractivity contribution in [3.05, 3.63) is 29.8 Å². The molecular formula is C15H24N2O3S. The Kier molecular flexibility index (Phi) is 5.75. The first-order chi connectivity index (χ1) is 10.0. The molecule has 1 aromatic carbocycles. The predicted octanol–water partition coefficient (Wildman–Crippen LogP) is 1.19. The van der Waals surface area contributed by atoms with Gasteiger partial charge in [-0.25, -0.2) is 13.1 Å². The van der Waals surface area contributed by atoms with Crippen molar-refractivity contribution in [3.63, 3.8) is 0 Å². The van der Waals surface area contributed by atoms with Gasteiger partial charge in [0.15, 0.2) is 0 Å². The average molecular weight is 312 g/mol. The molecule has 1 saturated heterocycles. The minimum atomic E-state index is -3.56.